The van der Waals surface area contributed by atoms with Crippen molar-refractivity contribution in [2.24, 2.45) is 0 Å². The highest BCUT2D eigenvalue weighted by atomic mass is 15.1. The van der Waals surface area contributed by atoms with Crippen LogP contribution < -0.4 is 4.90 Å². The van der Waals surface area contributed by atoms with Gasteiger partial charge in [-0.2, -0.15) is 0 Å². The lowest BCUT2D eigenvalue weighted by Crippen LogP contribution is -2.17. The minimum Gasteiger partial charge on any atom is -0.372 e. The second-order valence-corrected chi connectivity index (χ2v) is 4.11. The van der Waals surface area contributed by atoms with Gasteiger partial charge in [0.25, 0.3) is 0 Å². The molecule has 0 unspecified atom stereocenters. The molecular formula is C13H19N. The number of hydrogen-bond donors (Lipinski definition) is 0. The Kier molecular flexibility index (Phi) is 3.07. The fourth-order valence-corrected chi connectivity index (χ4v) is 2.14. The van der Waals surface area contributed by atoms with Gasteiger partial charge in [0.1, 0.15) is 0 Å². The number of nitrogens with zero attached hydrogens (tertiary/aromatic N) is 1. The van der Waals surface area contributed by atoms with Crippen molar-refractivity contribution in [2.75, 3.05) is 18.0 Å². The van der Waals surface area contributed by atoms with Gasteiger partial charge in [-0.05, 0) is 37.0 Å². The molecule has 0 aromatic heterocycles. The number of hydrogen-bond acceptors (Lipinski definition) is 1. The van der Waals surface area contributed by atoms with Crippen LogP contribution >= 0.6 is 0 Å². The van der Waals surface area contributed by atoms with Gasteiger partial charge in [0.15, 0.2) is 0 Å². The van der Waals surface area contributed by atoms with Crippen LogP contribution in [0.5, 0.6) is 0 Å². The summed E-state index contributed by atoms with van der Waals surface area (Å²) >= 11 is 0. The molecule has 0 atom stereocenters. The quantitative estimate of drug-likeness (QED) is 0.705. The molecule has 2 rings (SSSR count). The summed E-state index contributed by atoms with van der Waals surface area (Å²) in [5.41, 5.74) is 2.87. The zero-order valence-corrected chi connectivity index (χ0v) is 9.00. The topological polar surface area (TPSA) is 3.24 Å². The summed E-state index contributed by atoms with van der Waals surface area (Å²) in [5, 5.41) is 0. The number of rotatable bonds is 3. The summed E-state index contributed by atoms with van der Waals surface area (Å²) in [6.07, 6.45) is 5.16. The van der Waals surface area contributed by atoms with Crippen LogP contribution in [-0.2, 0) is 6.42 Å². The van der Waals surface area contributed by atoms with Crippen molar-refractivity contribution in [2.45, 2.75) is 32.6 Å². The molecule has 0 bridgehead atoms. The van der Waals surface area contributed by atoms with Crippen molar-refractivity contribution >= 4 is 5.69 Å². The molecule has 76 valence electrons. The first-order valence-electron chi connectivity index (χ1n) is 5.74. The Morgan fingerprint density at radius 1 is 1.07 bits per heavy atom. The third kappa shape index (κ3) is 2.09. The van der Waals surface area contributed by atoms with Crippen LogP contribution in [0.3, 0.4) is 0 Å². The zero-order chi connectivity index (χ0) is 9.80. The molecule has 1 aliphatic rings. The second kappa shape index (κ2) is 4.50. The van der Waals surface area contributed by atoms with Gasteiger partial charge in [-0.25, -0.2) is 0 Å². The predicted octanol–water partition coefficient (Wildman–Crippen LogP) is 3.24. The summed E-state index contributed by atoms with van der Waals surface area (Å²) in [6.45, 7) is 4.72. The maximum Gasteiger partial charge on any atom is 0.0366 e. The molecule has 0 aliphatic carbocycles. The Hall–Kier alpha value is -0.980. The van der Waals surface area contributed by atoms with E-state index in [9.17, 15) is 0 Å². The van der Waals surface area contributed by atoms with Gasteiger partial charge < -0.3 is 4.90 Å². The standard InChI is InChI=1S/C13H19N/c1-2-5-12-6-8-13(9-7-12)14-10-3-4-11-14/h6-9H,2-5,10-11H2,1H3. The Labute approximate surface area is 86.7 Å². The highest BCUT2D eigenvalue weighted by Gasteiger charge is 2.11. The van der Waals surface area contributed by atoms with Crippen molar-refractivity contribution in [1.82, 2.24) is 0 Å². The number of aryl methyl sites for hydroxylation is 1. The monoisotopic (exact) mass is 189 g/mol. The molecule has 1 aliphatic heterocycles. The number of benzene rings is 1. The molecule has 1 aromatic rings. The largest absolute Gasteiger partial charge is 0.372 e. The molecule has 0 radical (unpaired) electrons. The Bertz CT molecular complexity index is 270. The third-order valence-corrected chi connectivity index (χ3v) is 2.95. The van der Waals surface area contributed by atoms with Gasteiger partial charge in [0.2, 0.25) is 0 Å². The first-order valence-corrected chi connectivity index (χ1v) is 5.74. The van der Waals surface area contributed by atoms with Gasteiger partial charge in [-0.1, -0.05) is 25.5 Å². The van der Waals surface area contributed by atoms with Crippen molar-refractivity contribution < 1.29 is 0 Å². The zero-order valence-electron chi connectivity index (χ0n) is 9.00. The minimum absolute atomic E-state index is 1.21. The summed E-state index contributed by atoms with van der Waals surface area (Å²) in [5.74, 6) is 0. The maximum absolute atomic E-state index is 2.48. The SMILES string of the molecule is CCCc1ccc(N2CCCC2)cc1. The van der Waals surface area contributed by atoms with Gasteiger partial charge >= 0.3 is 0 Å². The molecule has 0 saturated carbocycles. The van der Waals surface area contributed by atoms with Crippen LogP contribution in [0.25, 0.3) is 0 Å². The van der Waals surface area contributed by atoms with Gasteiger partial charge in [-0.15, -0.1) is 0 Å². The molecule has 1 heterocycles. The molecule has 1 heteroatoms. The first-order chi connectivity index (χ1) is 6.90. The predicted molar refractivity (Wildman–Crippen MR) is 61.9 cm³/mol. The van der Waals surface area contributed by atoms with E-state index in [0.29, 0.717) is 0 Å². The molecule has 14 heavy (non-hydrogen) atoms. The van der Waals surface area contributed by atoms with E-state index in [1.165, 1.54) is 50.0 Å². The Morgan fingerprint density at radius 3 is 2.29 bits per heavy atom. The van der Waals surface area contributed by atoms with E-state index in [4.69, 9.17) is 0 Å². The van der Waals surface area contributed by atoms with Gasteiger partial charge in [0.05, 0.1) is 0 Å². The summed E-state index contributed by atoms with van der Waals surface area (Å²) in [4.78, 5) is 2.48. The van der Waals surface area contributed by atoms with Crippen molar-refractivity contribution in [1.29, 1.82) is 0 Å². The molecule has 0 amide bonds. The van der Waals surface area contributed by atoms with Crippen LogP contribution in [0.2, 0.25) is 0 Å². The van der Waals surface area contributed by atoms with Crippen LogP contribution in [-0.4, -0.2) is 13.1 Å². The molecule has 1 nitrogen and oxygen atoms in total. The van der Waals surface area contributed by atoms with E-state index >= 15 is 0 Å². The van der Waals surface area contributed by atoms with Gasteiger partial charge in [-0.3, -0.25) is 0 Å². The van der Waals surface area contributed by atoms with Gasteiger partial charge in [0, 0.05) is 18.8 Å². The average Bonchev–Trinajstić information content (AvgIpc) is 2.72. The van der Waals surface area contributed by atoms with E-state index in [-0.39, 0.29) is 0 Å². The summed E-state index contributed by atoms with van der Waals surface area (Å²) < 4.78 is 0. The lowest BCUT2D eigenvalue weighted by molar-refractivity contribution is 0.918. The molecule has 0 N–H and O–H groups in total. The van der Waals surface area contributed by atoms with Crippen LogP contribution in [0, 0.1) is 0 Å². The minimum atomic E-state index is 1.21. The Morgan fingerprint density at radius 2 is 1.71 bits per heavy atom. The highest BCUT2D eigenvalue weighted by Crippen LogP contribution is 2.20. The lowest BCUT2D eigenvalue weighted by Gasteiger charge is -2.17. The lowest BCUT2D eigenvalue weighted by atomic mass is 10.1. The van der Waals surface area contributed by atoms with Crippen LogP contribution in [0.1, 0.15) is 31.7 Å². The average molecular weight is 189 g/mol. The fraction of sp³-hybridized carbons (Fsp3) is 0.538. The summed E-state index contributed by atoms with van der Waals surface area (Å²) in [7, 11) is 0. The maximum atomic E-state index is 2.48. The first kappa shape index (κ1) is 9.57. The van der Waals surface area contributed by atoms with E-state index in [0.717, 1.165) is 0 Å². The smallest absolute Gasteiger partial charge is 0.0366 e. The van der Waals surface area contributed by atoms with Crippen LogP contribution in [0.15, 0.2) is 24.3 Å². The van der Waals surface area contributed by atoms with Crippen molar-refractivity contribution in [3.8, 4) is 0 Å². The summed E-state index contributed by atoms with van der Waals surface area (Å²) in [6, 6.07) is 9.10. The van der Waals surface area contributed by atoms with Crippen molar-refractivity contribution in [3.63, 3.8) is 0 Å². The molecule has 1 fully saturated rings. The second-order valence-electron chi connectivity index (χ2n) is 4.11. The van der Waals surface area contributed by atoms with Crippen molar-refractivity contribution in [3.05, 3.63) is 29.8 Å². The number of anilines is 1. The van der Waals surface area contributed by atoms with E-state index in [1.54, 1.807) is 0 Å². The normalized spacial score (nSPS) is 16.2. The molecule has 1 saturated heterocycles. The van der Waals surface area contributed by atoms with Crippen LogP contribution in [0.4, 0.5) is 5.69 Å². The molecule has 1 aromatic carbocycles. The molecular weight excluding hydrogens is 170 g/mol. The highest BCUT2D eigenvalue weighted by molar-refractivity contribution is 5.48. The van der Waals surface area contributed by atoms with E-state index in [1.807, 2.05) is 0 Å². The Balaban J connectivity index is 2.05. The fourth-order valence-electron chi connectivity index (χ4n) is 2.14. The van der Waals surface area contributed by atoms with E-state index < -0.39 is 0 Å². The molecule has 0 spiro atoms. The third-order valence-electron chi connectivity index (χ3n) is 2.95. The van der Waals surface area contributed by atoms with E-state index in [2.05, 4.69) is 36.1 Å².